The number of fused-ring (bicyclic) bond motifs is 1. The fraction of sp³-hybridized carbons (Fsp3) is 0.643. The fourth-order valence-corrected chi connectivity index (χ4v) is 3.74. The second-order valence-corrected chi connectivity index (χ2v) is 6.66. The molecule has 0 bridgehead atoms. The monoisotopic (exact) mass is 306 g/mol. The Morgan fingerprint density at radius 3 is 3.00 bits per heavy atom. The predicted molar refractivity (Wildman–Crippen MR) is 84.7 cm³/mol. The van der Waals surface area contributed by atoms with Gasteiger partial charge in [0.1, 0.15) is 6.33 Å². The van der Waals surface area contributed by atoms with Gasteiger partial charge in [-0.25, -0.2) is 4.98 Å². The van der Waals surface area contributed by atoms with Gasteiger partial charge in [0.05, 0.1) is 12.2 Å². The molecule has 0 unspecified atom stereocenters. The molecule has 1 aliphatic rings. The molecule has 0 radical (unpaired) electrons. The minimum absolute atomic E-state index is 0.456. The normalized spacial score (nSPS) is 14.8. The maximum Gasteiger partial charge on any atom is 0.186 e. The van der Waals surface area contributed by atoms with Crippen LogP contribution in [-0.2, 0) is 19.6 Å². The van der Waals surface area contributed by atoms with Crippen molar-refractivity contribution >= 4 is 16.5 Å². The first-order valence-corrected chi connectivity index (χ1v) is 8.32. The summed E-state index contributed by atoms with van der Waals surface area (Å²) in [5.74, 6) is 1.48. The first-order valence-electron chi connectivity index (χ1n) is 7.51. The Morgan fingerprint density at radius 1 is 1.38 bits per heavy atom. The van der Waals surface area contributed by atoms with Gasteiger partial charge in [-0.05, 0) is 12.5 Å². The molecule has 0 fully saturated rings. The lowest BCUT2D eigenvalue weighted by atomic mass is 10.1. The van der Waals surface area contributed by atoms with Crippen LogP contribution in [0.3, 0.4) is 0 Å². The number of aromatic nitrogens is 4. The van der Waals surface area contributed by atoms with E-state index >= 15 is 0 Å². The molecular formula is C14H22N6S. The van der Waals surface area contributed by atoms with Crippen LogP contribution in [0, 0.1) is 0 Å². The van der Waals surface area contributed by atoms with E-state index in [0.29, 0.717) is 5.92 Å². The topological polar surface area (TPSA) is 58.9 Å². The number of thiazole rings is 1. The van der Waals surface area contributed by atoms with Gasteiger partial charge in [-0.3, -0.25) is 0 Å². The third kappa shape index (κ3) is 2.94. The van der Waals surface area contributed by atoms with Gasteiger partial charge in [-0.2, -0.15) is 0 Å². The van der Waals surface area contributed by atoms with E-state index in [0.717, 1.165) is 43.7 Å². The van der Waals surface area contributed by atoms with E-state index in [2.05, 4.69) is 45.8 Å². The molecule has 2 aromatic heterocycles. The van der Waals surface area contributed by atoms with Gasteiger partial charge in [0, 0.05) is 24.5 Å². The van der Waals surface area contributed by atoms with Crippen LogP contribution in [0.1, 0.15) is 43.1 Å². The number of nitrogens with zero attached hydrogens (tertiary/aromatic N) is 5. The molecule has 0 saturated carbocycles. The summed E-state index contributed by atoms with van der Waals surface area (Å²) in [7, 11) is 0. The number of hydrogen-bond acceptors (Lipinski definition) is 6. The Kier molecular flexibility index (Phi) is 4.21. The van der Waals surface area contributed by atoms with Crippen molar-refractivity contribution in [1.82, 2.24) is 25.1 Å². The Hall–Kier alpha value is -1.47. The van der Waals surface area contributed by atoms with Crippen molar-refractivity contribution < 1.29 is 0 Å². The first kappa shape index (κ1) is 14.5. The van der Waals surface area contributed by atoms with Crippen LogP contribution >= 0.6 is 11.3 Å². The third-order valence-electron chi connectivity index (χ3n) is 3.71. The zero-order valence-electron chi connectivity index (χ0n) is 12.8. The summed E-state index contributed by atoms with van der Waals surface area (Å²) in [6.45, 7) is 11.1. The molecule has 6 nitrogen and oxygen atoms in total. The summed E-state index contributed by atoms with van der Waals surface area (Å²) in [5, 5.41) is 12.7. The average Bonchev–Trinajstić information content (AvgIpc) is 3.10. The first-order chi connectivity index (χ1) is 10.2. The van der Waals surface area contributed by atoms with Crippen LogP contribution in [0.5, 0.6) is 0 Å². The van der Waals surface area contributed by atoms with Crippen LogP contribution in [0.4, 0.5) is 5.13 Å². The third-order valence-corrected chi connectivity index (χ3v) is 4.84. The lowest BCUT2D eigenvalue weighted by Gasteiger charge is -2.26. The number of rotatable bonds is 5. The molecule has 0 spiro atoms. The fourth-order valence-electron chi connectivity index (χ4n) is 2.53. The molecule has 1 aliphatic heterocycles. The van der Waals surface area contributed by atoms with Gasteiger partial charge in [0.25, 0.3) is 0 Å². The second-order valence-electron chi connectivity index (χ2n) is 5.60. The maximum absolute atomic E-state index is 4.89. The van der Waals surface area contributed by atoms with Gasteiger partial charge in [-0.1, -0.05) is 20.8 Å². The van der Waals surface area contributed by atoms with Crippen molar-refractivity contribution in [2.75, 3.05) is 18.0 Å². The standard InChI is InChI=1S/C14H22N6S/c1-4-15-7-11-13(10(2)3)17-14(21-11)19-5-6-20-9-16-18-12(20)8-19/h9-10,15H,4-8H2,1-3H3. The maximum atomic E-state index is 4.89. The molecule has 0 aliphatic carbocycles. The van der Waals surface area contributed by atoms with Crippen LogP contribution in [-0.4, -0.2) is 32.8 Å². The average molecular weight is 306 g/mol. The van der Waals surface area contributed by atoms with E-state index in [1.807, 2.05) is 6.33 Å². The van der Waals surface area contributed by atoms with Crippen molar-refractivity contribution in [3.05, 3.63) is 22.7 Å². The molecule has 114 valence electrons. The smallest absolute Gasteiger partial charge is 0.186 e. The molecule has 0 aromatic carbocycles. The van der Waals surface area contributed by atoms with Crippen molar-refractivity contribution in [1.29, 1.82) is 0 Å². The van der Waals surface area contributed by atoms with Gasteiger partial charge in [0.2, 0.25) is 0 Å². The van der Waals surface area contributed by atoms with Crippen molar-refractivity contribution in [3.63, 3.8) is 0 Å². The summed E-state index contributed by atoms with van der Waals surface area (Å²) in [5.41, 5.74) is 1.22. The van der Waals surface area contributed by atoms with Crippen LogP contribution < -0.4 is 10.2 Å². The zero-order valence-corrected chi connectivity index (χ0v) is 13.7. The highest BCUT2D eigenvalue weighted by molar-refractivity contribution is 7.15. The van der Waals surface area contributed by atoms with E-state index in [4.69, 9.17) is 4.98 Å². The molecule has 7 heteroatoms. The highest BCUT2D eigenvalue weighted by Crippen LogP contribution is 2.32. The Morgan fingerprint density at radius 2 is 2.24 bits per heavy atom. The number of hydrogen-bond donors (Lipinski definition) is 1. The van der Waals surface area contributed by atoms with E-state index in [1.165, 1.54) is 10.6 Å². The van der Waals surface area contributed by atoms with Gasteiger partial charge in [-0.15, -0.1) is 21.5 Å². The summed E-state index contributed by atoms with van der Waals surface area (Å²) >= 11 is 1.81. The Balaban J connectivity index is 1.82. The second kappa shape index (κ2) is 6.11. The van der Waals surface area contributed by atoms with Gasteiger partial charge >= 0.3 is 0 Å². The van der Waals surface area contributed by atoms with E-state index in [-0.39, 0.29) is 0 Å². The molecule has 3 heterocycles. The van der Waals surface area contributed by atoms with E-state index in [9.17, 15) is 0 Å². The largest absolute Gasteiger partial charge is 0.339 e. The lowest BCUT2D eigenvalue weighted by molar-refractivity contribution is 0.558. The molecule has 21 heavy (non-hydrogen) atoms. The Labute approximate surface area is 129 Å². The van der Waals surface area contributed by atoms with E-state index < -0.39 is 0 Å². The number of anilines is 1. The van der Waals surface area contributed by atoms with Crippen molar-refractivity contribution in [3.8, 4) is 0 Å². The van der Waals surface area contributed by atoms with Crippen molar-refractivity contribution in [2.45, 2.75) is 46.3 Å². The van der Waals surface area contributed by atoms with Crippen LogP contribution in [0.15, 0.2) is 6.33 Å². The molecule has 1 N–H and O–H groups in total. The predicted octanol–water partition coefficient (Wildman–Crippen LogP) is 1.99. The van der Waals surface area contributed by atoms with Gasteiger partial charge in [0.15, 0.2) is 11.0 Å². The van der Waals surface area contributed by atoms with E-state index in [1.54, 1.807) is 11.3 Å². The highest BCUT2D eigenvalue weighted by atomic mass is 32.1. The molecule has 0 amide bonds. The van der Waals surface area contributed by atoms with Crippen LogP contribution in [0.2, 0.25) is 0 Å². The summed E-state index contributed by atoms with van der Waals surface area (Å²) in [4.78, 5) is 8.56. The summed E-state index contributed by atoms with van der Waals surface area (Å²) < 4.78 is 2.12. The molecule has 0 saturated heterocycles. The summed E-state index contributed by atoms with van der Waals surface area (Å²) in [6, 6.07) is 0. The van der Waals surface area contributed by atoms with Crippen molar-refractivity contribution in [2.24, 2.45) is 0 Å². The minimum Gasteiger partial charge on any atom is -0.339 e. The molecule has 2 aromatic rings. The highest BCUT2D eigenvalue weighted by Gasteiger charge is 2.22. The molecule has 0 atom stereocenters. The number of nitrogens with one attached hydrogen (secondary N) is 1. The lowest BCUT2D eigenvalue weighted by Crippen LogP contribution is -2.33. The zero-order chi connectivity index (χ0) is 14.8. The molecular weight excluding hydrogens is 284 g/mol. The Bertz CT molecular complexity index is 602. The molecule has 3 rings (SSSR count). The minimum atomic E-state index is 0.456. The van der Waals surface area contributed by atoms with Gasteiger partial charge < -0.3 is 14.8 Å². The van der Waals surface area contributed by atoms with Crippen LogP contribution in [0.25, 0.3) is 0 Å². The quantitative estimate of drug-likeness (QED) is 0.915. The summed E-state index contributed by atoms with van der Waals surface area (Å²) in [6.07, 6.45) is 1.81. The SMILES string of the molecule is CCNCc1sc(N2CCn3cnnc3C2)nc1C(C)C.